The molecule has 2 amide bonds. The van der Waals surface area contributed by atoms with Gasteiger partial charge in [-0.2, -0.15) is 0 Å². The van der Waals surface area contributed by atoms with Crippen molar-refractivity contribution in [2.75, 3.05) is 13.2 Å². The number of rotatable bonds is 10. The van der Waals surface area contributed by atoms with Crippen molar-refractivity contribution in [3.63, 3.8) is 0 Å². The van der Waals surface area contributed by atoms with Crippen molar-refractivity contribution in [1.82, 2.24) is 10.2 Å². The van der Waals surface area contributed by atoms with Crippen LogP contribution >= 0.6 is 46.4 Å². The van der Waals surface area contributed by atoms with Crippen LogP contribution in [0.4, 0.5) is 0 Å². The maximum absolute atomic E-state index is 13.1. The number of halogens is 4. The molecule has 0 spiro atoms. The summed E-state index contributed by atoms with van der Waals surface area (Å²) in [5.74, 6) is -0.282. The molecule has 0 radical (unpaired) electrons. The van der Waals surface area contributed by atoms with Gasteiger partial charge in [-0.05, 0) is 48.7 Å². The molecule has 5 nitrogen and oxygen atoms in total. The Balaban J connectivity index is 2.25. The first kappa shape index (κ1) is 25.6. The molecule has 0 aromatic heterocycles. The van der Waals surface area contributed by atoms with Gasteiger partial charge in [0.25, 0.3) is 5.91 Å². The van der Waals surface area contributed by atoms with Crippen molar-refractivity contribution in [1.29, 1.82) is 0 Å². The Labute approximate surface area is 202 Å². The molecule has 2 aromatic rings. The minimum Gasteiger partial charge on any atom is -0.482 e. The van der Waals surface area contributed by atoms with Crippen LogP contribution in [0.2, 0.25) is 20.1 Å². The Kier molecular flexibility index (Phi) is 10.2. The van der Waals surface area contributed by atoms with Gasteiger partial charge in [0.1, 0.15) is 11.8 Å². The van der Waals surface area contributed by atoms with Gasteiger partial charge in [0.05, 0.1) is 5.02 Å². The summed E-state index contributed by atoms with van der Waals surface area (Å²) >= 11 is 24.3. The molecule has 1 N–H and O–H groups in total. The lowest BCUT2D eigenvalue weighted by Gasteiger charge is -2.31. The van der Waals surface area contributed by atoms with Crippen molar-refractivity contribution < 1.29 is 14.3 Å². The molecule has 2 rings (SSSR count). The number of benzene rings is 2. The van der Waals surface area contributed by atoms with Crippen LogP contribution in [-0.2, 0) is 16.1 Å². The first-order valence-corrected chi connectivity index (χ1v) is 11.4. The van der Waals surface area contributed by atoms with Crippen molar-refractivity contribution in [2.45, 2.75) is 39.3 Å². The van der Waals surface area contributed by atoms with Gasteiger partial charge in [-0.1, -0.05) is 66.3 Å². The van der Waals surface area contributed by atoms with Gasteiger partial charge in [-0.15, -0.1) is 0 Å². The average molecular weight is 506 g/mol. The highest BCUT2D eigenvalue weighted by Crippen LogP contribution is 2.28. The van der Waals surface area contributed by atoms with Gasteiger partial charge in [-0.25, -0.2) is 0 Å². The molecule has 0 saturated heterocycles. The Morgan fingerprint density at radius 3 is 2.23 bits per heavy atom. The highest BCUT2D eigenvalue weighted by atomic mass is 35.5. The Morgan fingerprint density at radius 1 is 1.00 bits per heavy atom. The van der Waals surface area contributed by atoms with Crippen LogP contribution in [0, 0.1) is 0 Å². The van der Waals surface area contributed by atoms with E-state index in [9.17, 15) is 9.59 Å². The number of amides is 2. The quantitative estimate of drug-likeness (QED) is 0.430. The predicted molar refractivity (Wildman–Crippen MR) is 126 cm³/mol. The van der Waals surface area contributed by atoms with Crippen molar-refractivity contribution in [3.8, 4) is 5.75 Å². The second-order valence-corrected chi connectivity index (χ2v) is 8.52. The van der Waals surface area contributed by atoms with E-state index in [0.717, 1.165) is 6.42 Å². The van der Waals surface area contributed by atoms with E-state index in [0.29, 0.717) is 44.4 Å². The maximum Gasteiger partial charge on any atom is 0.261 e. The molecule has 0 heterocycles. The molecule has 2 aromatic carbocycles. The molecular formula is C22H24Cl4N2O3. The van der Waals surface area contributed by atoms with E-state index in [1.807, 2.05) is 13.8 Å². The van der Waals surface area contributed by atoms with E-state index in [4.69, 9.17) is 51.1 Å². The molecule has 1 unspecified atom stereocenters. The summed E-state index contributed by atoms with van der Waals surface area (Å²) in [4.78, 5) is 27.3. The third kappa shape index (κ3) is 7.46. The highest BCUT2D eigenvalue weighted by molar-refractivity contribution is 6.35. The van der Waals surface area contributed by atoms with Gasteiger partial charge in [0.2, 0.25) is 5.91 Å². The van der Waals surface area contributed by atoms with Crippen LogP contribution < -0.4 is 10.1 Å². The number of hydrogen-bond acceptors (Lipinski definition) is 3. The first-order valence-electron chi connectivity index (χ1n) is 9.85. The SMILES string of the molecule is CCCNC(=O)C(CC)N(Cc1ccc(Cl)cc1Cl)C(=O)COc1ccc(Cl)cc1Cl. The highest BCUT2D eigenvalue weighted by Gasteiger charge is 2.29. The second-order valence-electron chi connectivity index (χ2n) is 6.84. The fraction of sp³-hybridized carbons (Fsp3) is 0.364. The van der Waals surface area contributed by atoms with Crippen molar-refractivity contribution >= 4 is 58.2 Å². The molecule has 31 heavy (non-hydrogen) atoms. The summed E-state index contributed by atoms with van der Waals surface area (Å²) in [5.41, 5.74) is 0.672. The molecule has 0 aliphatic rings. The Bertz CT molecular complexity index is 924. The predicted octanol–water partition coefficient (Wildman–Crippen LogP) is 6.01. The van der Waals surface area contributed by atoms with Crippen molar-refractivity contribution in [3.05, 3.63) is 62.1 Å². The number of hydrogen-bond donors (Lipinski definition) is 1. The number of carbonyl (C=O) groups excluding carboxylic acids is 2. The van der Waals surface area contributed by atoms with E-state index >= 15 is 0 Å². The van der Waals surface area contributed by atoms with E-state index in [1.165, 1.54) is 11.0 Å². The van der Waals surface area contributed by atoms with Gasteiger partial charge in [-0.3, -0.25) is 9.59 Å². The molecule has 0 aliphatic carbocycles. The standard InChI is InChI=1S/C22H24Cl4N2O3/c1-3-9-27-22(30)19(4-2)28(12-14-5-6-15(23)10-17(14)25)21(29)13-31-20-8-7-16(24)11-18(20)26/h5-8,10-11,19H,3-4,9,12-13H2,1-2H3,(H,27,30). The first-order chi connectivity index (χ1) is 14.8. The largest absolute Gasteiger partial charge is 0.482 e. The van der Waals surface area contributed by atoms with Gasteiger partial charge in [0, 0.05) is 28.2 Å². The summed E-state index contributed by atoms with van der Waals surface area (Å²) in [5, 5.41) is 4.50. The monoisotopic (exact) mass is 504 g/mol. The molecule has 1 atom stereocenters. The smallest absolute Gasteiger partial charge is 0.261 e. The Morgan fingerprint density at radius 2 is 1.65 bits per heavy atom. The summed E-state index contributed by atoms with van der Waals surface area (Å²) in [6.45, 7) is 4.16. The molecule has 0 saturated carbocycles. The zero-order chi connectivity index (χ0) is 23.0. The molecule has 9 heteroatoms. The average Bonchev–Trinajstić information content (AvgIpc) is 2.72. The van der Waals surface area contributed by atoms with Gasteiger partial charge >= 0.3 is 0 Å². The number of nitrogens with zero attached hydrogens (tertiary/aromatic N) is 1. The molecule has 0 bridgehead atoms. The van der Waals surface area contributed by atoms with Gasteiger partial charge < -0.3 is 15.0 Å². The van der Waals surface area contributed by atoms with Crippen LogP contribution in [0.15, 0.2) is 36.4 Å². The minimum atomic E-state index is -0.685. The van der Waals surface area contributed by atoms with E-state index in [2.05, 4.69) is 5.32 Å². The zero-order valence-corrected chi connectivity index (χ0v) is 20.3. The second kappa shape index (κ2) is 12.4. The maximum atomic E-state index is 13.1. The molecule has 168 valence electrons. The lowest BCUT2D eigenvalue weighted by molar-refractivity contribution is -0.143. The fourth-order valence-electron chi connectivity index (χ4n) is 2.93. The Hall–Kier alpha value is -1.66. The lowest BCUT2D eigenvalue weighted by atomic mass is 10.1. The van der Waals surface area contributed by atoms with Gasteiger partial charge in [0.15, 0.2) is 6.61 Å². The normalized spacial score (nSPS) is 11.7. The third-order valence-electron chi connectivity index (χ3n) is 4.54. The number of nitrogens with one attached hydrogen (secondary N) is 1. The topological polar surface area (TPSA) is 58.6 Å². The van der Waals surface area contributed by atoms with Crippen LogP contribution in [0.1, 0.15) is 32.3 Å². The van der Waals surface area contributed by atoms with E-state index in [-0.39, 0.29) is 25.0 Å². The van der Waals surface area contributed by atoms with Crippen LogP contribution in [0.5, 0.6) is 5.75 Å². The molecule has 0 aliphatic heterocycles. The summed E-state index contributed by atoms with van der Waals surface area (Å²) < 4.78 is 5.61. The lowest BCUT2D eigenvalue weighted by Crippen LogP contribution is -2.50. The summed E-state index contributed by atoms with van der Waals surface area (Å²) in [6.07, 6.45) is 1.21. The van der Waals surface area contributed by atoms with Crippen LogP contribution in [0.25, 0.3) is 0 Å². The van der Waals surface area contributed by atoms with Crippen molar-refractivity contribution in [2.24, 2.45) is 0 Å². The minimum absolute atomic E-state index is 0.130. The number of ether oxygens (including phenoxy) is 1. The fourth-order valence-corrected chi connectivity index (χ4v) is 3.86. The zero-order valence-electron chi connectivity index (χ0n) is 17.3. The number of carbonyl (C=O) groups is 2. The van der Waals surface area contributed by atoms with Crippen LogP contribution in [-0.4, -0.2) is 35.9 Å². The third-order valence-corrected chi connectivity index (χ3v) is 5.65. The summed E-state index contributed by atoms with van der Waals surface area (Å²) in [6, 6.07) is 9.07. The molecular weight excluding hydrogens is 482 g/mol. The van der Waals surface area contributed by atoms with E-state index in [1.54, 1.807) is 30.3 Å². The van der Waals surface area contributed by atoms with Crippen LogP contribution in [0.3, 0.4) is 0 Å². The summed E-state index contributed by atoms with van der Waals surface area (Å²) in [7, 11) is 0. The molecule has 0 fully saturated rings. The van der Waals surface area contributed by atoms with E-state index < -0.39 is 6.04 Å².